The largest absolute Gasteiger partial charge is 0.494 e. The first-order valence-electron chi connectivity index (χ1n) is 10.8. The molecule has 152 valence electrons. The van der Waals surface area contributed by atoms with E-state index in [0.717, 1.165) is 5.46 Å². The van der Waals surface area contributed by atoms with Crippen molar-refractivity contribution in [3.8, 4) is 22.3 Å². The van der Waals surface area contributed by atoms with Gasteiger partial charge in [-0.1, -0.05) is 80.6 Å². The van der Waals surface area contributed by atoms with Crippen molar-refractivity contribution in [2.24, 2.45) is 0 Å². The summed E-state index contributed by atoms with van der Waals surface area (Å²) in [6.07, 6.45) is 0. The third kappa shape index (κ3) is 2.72. The van der Waals surface area contributed by atoms with Crippen LogP contribution in [0.25, 0.3) is 22.3 Å². The van der Waals surface area contributed by atoms with Gasteiger partial charge in [0, 0.05) is 5.41 Å². The zero-order valence-electron chi connectivity index (χ0n) is 18.7. The fourth-order valence-corrected chi connectivity index (χ4v) is 4.90. The standard InChI is InChI=1S/C27H29BO2/c1-25(2)23-16-15-19(28-29-26(3,4)27(5,6)30-28)17-22(23)21-14-10-13-20(24(21)25)18-11-8-7-9-12-18/h7-17H,1-6H3. The summed E-state index contributed by atoms with van der Waals surface area (Å²) in [6.45, 7) is 13.1. The van der Waals surface area contributed by atoms with Gasteiger partial charge in [0.2, 0.25) is 0 Å². The van der Waals surface area contributed by atoms with Crippen LogP contribution >= 0.6 is 0 Å². The van der Waals surface area contributed by atoms with Gasteiger partial charge in [-0.05, 0) is 66.5 Å². The quantitative estimate of drug-likeness (QED) is 0.498. The van der Waals surface area contributed by atoms with Crippen molar-refractivity contribution in [3.63, 3.8) is 0 Å². The molecule has 3 aromatic carbocycles. The van der Waals surface area contributed by atoms with E-state index in [1.54, 1.807) is 0 Å². The topological polar surface area (TPSA) is 18.5 Å². The Balaban J connectivity index is 1.64. The van der Waals surface area contributed by atoms with Crippen molar-refractivity contribution in [2.45, 2.75) is 58.2 Å². The van der Waals surface area contributed by atoms with Crippen molar-refractivity contribution < 1.29 is 9.31 Å². The van der Waals surface area contributed by atoms with E-state index in [4.69, 9.17) is 9.31 Å². The molecule has 1 aliphatic carbocycles. The Hall–Kier alpha value is -2.36. The van der Waals surface area contributed by atoms with Gasteiger partial charge in [0.15, 0.2) is 0 Å². The summed E-state index contributed by atoms with van der Waals surface area (Å²) in [4.78, 5) is 0. The lowest BCUT2D eigenvalue weighted by Crippen LogP contribution is -2.41. The second-order valence-corrected chi connectivity index (χ2v) is 10.1. The molecule has 5 rings (SSSR count). The minimum atomic E-state index is -0.343. The highest BCUT2D eigenvalue weighted by Gasteiger charge is 2.52. The highest BCUT2D eigenvalue weighted by Crippen LogP contribution is 2.52. The minimum absolute atomic E-state index is 0.0639. The van der Waals surface area contributed by atoms with Gasteiger partial charge in [0.05, 0.1) is 11.2 Å². The molecule has 0 amide bonds. The van der Waals surface area contributed by atoms with Gasteiger partial charge in [0.25, 0.3) is 0 Å². The van der Waals surface area contributed by atoms with Crippen LogP contribution in [0, 0.1) is 0 Å². The molecular formula is C27H29BO2. The number of fused-ring (bicyclic) bond motifs is 3. The van der Waals surface area contributed by atoms with Crippen LogP contribution in [0.15, 0.2) is 66.7 Å². The van der Waals surface area contributed by atoms with E-state index in [-0.39, 0.29) is 23.7 Å². The number of hydrogen-bond acceptors (Lipinski definition) is 2. The molecule has 0 aromatic heterocycles. The molecule has 1 saturated heterocycles. The summed E-state index contributed by atoms with van der Waals surface area (Å²) < 4.78 is 12.6. The molecule has 0 unspecified atom stereocenters. The number of rotatable bonds is 2. The Morgan fingerprint density at radius 2 is 1.27 bits per heavy atom. The van der Waals surface area contributed by atoms with Gasteiger partial charge >= 0.3 is 7.12 Å². The third-order valence-corrected chi connectivity index (χ3v) is 7.31. The summed E-state index contributed by atoms with van der Waals surface area (Å²) in [6, 6.07) is 24.1. The average Bonchev–Trinajstić information content (AvgIpc) is 3.08. The Morgan fingerprint density at radius 3 is 1.93 bits per heavy atom. The van der Waals surface area contributed by atoms with Crippen LogP contribution < -0.4 is 5.46 Å². The van der Waals surface area contributed by atoms with Crippen LogP contribution in [-0.4, -0.2) is 18.3 Å². The predicted octanol–water partition coefficient (Wildman–Crippen LogP) is 5.96. The molecule has 2 aliphatic rings. The molecule has 0 radical (unpaired) electrons. The van der Waals surface area contributed by atoms with Crippen LogP contribution in [0.3, 0.4) is 0 Å². The molecule has 1 aliphatic heterocycles. The third-order valence-electron chi connectivity index (χ3n) is 7.31. The van der Waals surface area contributed by atoms with Crippen LogP contribution in [-0.2, 0) is 14.7 Å². The summed E-state index contributed by atoms with van der Waals surface area (Å²) >= 11 is 0. The van der Waals surface area contributed by atoms with E-state index in [1.807, 2.05) is 0 Å². The predicted molar refractivity (Wildman–Crippen MR) is 125 cm³/mol. The molecule has 1 fully saturated rings. The van der Waals surface area contributed by atoms with Crippen molar-refractivity contribution in [2.75, 3.05) is 0 Å². The molecular weight excluding hydrogens is 367 g/mol. The van der Waals surface area contributed by atoms with E-state index in [2.05, 4.69) is 108 Å². The molecule has 1 heterocycles. The van der Waals surface area contributed by atoms with Gasteiger partial charge in [-0.2, -0.15) is 0 Å². The Bertz CT molecular complexity index is 1110. The minimum Gasteiger partial charge on any atom is -0.399 e. The van der Waals surface area contributed by atoms with E-state index in [1.165, 1.54) is 33.4 Å². The van der Waals surface area contributed by atoms with Gasteiger partial charge in [0.1, 0.15) is 0 Å². The molecule has 0 spiro atoms. The second kappa shape index (κ2) is 6.32. The smallest absolute Gasteiger partial charge is 0.399 e. The zero-order valence-corrected chi connectivity index (χ0v) is 18.7. The van der Waals surface area contributed by atoms with Crippen molar-refractivity contribution in [1.29, 1.82) is 0 Å². The molecule has 3 aromatic rings. The van der Waals surface area contributed by atoms with E-state index >= 15 is 0 Å². The van der Waals surface area contributed by atoms with Gasteiger partial charge in [-0.25, -0.2) is 0 Å². The SMILES string of the molecule is CC1(C)c2ccc(B3OC(C)(C)C(C)(C)O3)cc2-c2cccc(-c3ccccc3)c21. The van der Waals surface area contributed by atoms with Crippen molar-refractivity contribution in [3.05, 3.63) is 77.9 Å². The van der Waals surface area contributed by atoms with Crippen molar-refractivity contribution in [1.82, 2.24) is 0 Å². The molecule has 0 N–H and O–H groups in total. The summed E-state index contributed by atoms with van der Waals surface area (Å²) in [5.41, 5.74) is 8.29. The molecule has 0 atom stereocenters. The number of benzene rings is 3. The maximum atomic E-state index is 6.32. The van der Waals surface area contributed by atoms with Crippen LogP contribution in [0.4, 0.5) is 0 Å². The van der Waals surface area contributed by atoms with Gasteiger partial charge in [-0.3, -0.25) is 0 Å². The van der Waals surface area contributed by atoms with Crippen LogP contribution in [0.5, 0.6) is 0 Å². The molecule has 2 nitrogen and oxygen atoms in total. The maximum Gasteiger partial charge on any atom is 0.494 e. The lowest BCUT2D eigenvalue weighted by Gasteiger charge is -2.32. The highest BCUT2D eigenvalue weighted by molar-refractivity contribution is 6.62. The zero-order chi connectivity index (χ0) is 21.3. The average molecular weight is 396 g/mol. The van der Waals surface area contributed by atoms with Crippen molar-refractivity contribution >= 4 is 12.6 Å². The van der Waals surface area contributed by atoms with Crippen LogP contribution in [0.1, 0.15) is 52.7 Å². The molecule has 0 bridgehead atoms. The summed E-state index contributed by atoms with van der Waals surface area (Å²) in [5.74, 6) is 0. The van der Waals surface area contributed by atoms with E-state index in [0.29, 0.717) is 0 Å². The van der Waals surface area contributed by atoms with Gasteiger partial charge in [-0.15, -0.1) is 0 Å². The summed E-state index contributed by atoms with van der Waals surface area (Å²) in [5, 5.41) is 0. The first kappa shape index (κ1) is 19.6. The number of hydrogen-bond donors (Lipinski definition) is 0. The monoisotopic (exact) mass is 396 g/mol. The summed E-state index contributed by atoms with van der Waals surface area (Å²) in [7, 11) is -0.343. The molecule has 30 heavy (non-hydrogen) atoms. The second-order valence-electron chi connectivity index (χ2n) is 10.1. The molecule has 0 saturated carbocycles. The Kier molecular flexibility index (Phi) is 4.13. The Labute approximate surface area is 180 Å². The van der Waals surface area contributed by atoms with E-state index in [9.17, 15) is 0 Å². The highest BCUT2D eigenvalue weighted by atomic mass is 16.7. The van der Waals surface area contributed by atoms with Crippen LogP contribution in [0.2, 0.25) is 0 Å². The maximum absolute atomic E-state index is 6.32. The normalized spacial score (nSPS) is 20.1. The molecule has 3 heteroatoms. The fourth-order valence-electron chi connectivity index (χ4n) is 4.90. The lowest BCUT2D eigenvalue weighted by molar-refractivity contribution is 0.00578. The van der Waals surface area contributed by atoms with E-state index < -0.39 is 0 Å². The lowest BCUT2D eigenvalue weighted by atomic mass is 9.75. The van der Waals surface area contributed by atoms with Gasteiger partial charge < -0.3 is 9.31 Å². The first-order valence-corrected chi connectivity index (χ1v) is 10.8. The first-order chi connectivity index (χ1) is 14.1. The fraction of sp³-hybridized carbons (Fsp3) is 0.333. The Morgan fingerprint density at radius 1 is 0.633 bits per heavy atom.